The van der Waals surface area contributed by atoms with Crippen LogP contribution in [-0.2, 0) is 0 Å². The van der Waals surface area contributed by atoms with Gasteiger partial charge in [0.2, 0.25) is 0 Å². The molecule has 2 fully saturated rings. The zero-order chi connectivity index (χ0) is 11.7. The molecule has 2 saturated carbocycles. The van der Waals surface area contributed by atoms with E-state index >= 15 is 0 Å². The summed E-state index contributed by atoms with van der Waals surface area (Å²) in [7, 11) is 0. The lowest BCUT2D eigenvalue weighted by molar-refractivity contribution is 0.335. The molecular formula is C14H24N2S. The van der Waals surface area contributed by atoms with Crippen LogP contribution in [0.25, 0.3) is 0 Å². The van der Waals surface area contributed by atoms with Gasteiger partial charge in [-0.2, -0.15) is 0 Å². The van der Waals surface area contributed by atoms with Crippen molar-refractivity contribution in [3.8, 4) is 0 Å². The number of rotatable bonds is 3. The Balaban J connectivity index is 1.53. The first kappa shape index (κ1) is 11.9. The summed E-state index contributed by atoms with van der Waals surface area (Å²) in [5.74, 6) is 3.18. The van der Waals surface area contributed by atoms with Crippen molar-refractivity contribution in [2.75, 3.05) is 5.75 Å². The predicted octanol–water partition coefficient (Wildman–Crippen LogP) is 3.43. The first-order valence-electron chi connectivity index (χ1n) is 7.28. The molecule has 1 aliphatic heterocycles. The van der Waals surface area contributed by atoms with Crippen molar-refractivity contribution in [2.24, 2.45) is 16.8 Å². The van der Waals surface area contributed by atoms with Gasteiger partial charge in [0.1, 0.15) is 0 Å². The smallest absolute Gasteiger partial charge is 0.157 e. The Kier molecular flexibility index (Phi) is 3.64. The molecule has 0 bridgehead atoms. The van der Waals surface area contributed by atoms with Crippen LogP contribution in [0.2, 0.25) is 0 Å². The number of aliphatic imine (C=N–C) groups is 1. The van der Waals surface area contributed by atoms with E-state index in [0.717, 1.165) is 11.8 Å². The van der Waals surface area contributed by atoms with Gasteiger partial charge >= 0.3 is 0 Å². The molecule has 0 aromatic carbocycles. The van der Waals surface area contributed by atoms with Gasteiger partial charge in [-0.15, -0.1) is 0 Å². The van der Waals surface area contributed by atoms with Crippen LogP contribution in [0.15, 0.2) is 4.99 Å². The number of hydrogen-bond acceptors (Lipinski definition) is 3. The van der Waals surface area contributed by atoms with E-state index in [1.54, 1.807) is 0 Å². The van der Waals surface area contributed by atoms with Gasteiger partial charge in [-0.3, -0.25) is 4.99 Å². The molecule has 0 aromatic heterocycles. The van der Waals surface area contributed by atoms with Gasteiger partial charge in [0, 0.05) is 11.8 Å². The molecule has 3 rings (SSSR count). The Bertz CT molecular complexity index is 299. The second kappa shape index (κ2) is 5.21. The van der Waals surface area contributed by atoms with E-state index in [1.807, 2.05) is 11.8 Å². The molecule has 0 amide bonds. The summed E-state index contributed by atoms with van der Waals surface area (Å²) in [6, 6.07) is 1.26. The third-order valence-electron chi connectivity index (χ3n) is 4.34. The maximum Gasteiger partial charge on any atom is 0.157 e. The van der Waals surface area contributed by atoms with Crippen LogP contribution in [0, 0.1) is 11.8 Å². The van der Waals surface area contributed by atoms with Crippen LogP contribution < -0.4 is 5.32 Å². The monoisotopic (exact) mass is 252 g/mol. The summed E-state index contributed by atoms with van der Waals surface area (Å²) < 4.78 is 0. The van der Waals surface area contributed by atoms with Crippen LogP contribution >= 0.6 is 11.8 Å². The SMILES string of the molecule is CC(CC1CC1)NC1=NC2CCCCC2CS1. The minimum absolute atomic E-state index is 0.619. The number of thioether (sulfide) groups is 1. The summed E-state index contributed by atoms with van der Waals surface area (Å²) >= 11 is 1.96. The van der Waals surface area contributed by atoms with Crippen molar-refractivity contribution in [3.63, 3.8) is 0 Å². The van der Waals surface area contributed by atoms with E-state index < -0.39 is 0 Å². The normalized spacial score (nSPS) is 34.8. The second-order valence-electron chi connectivity index (χ2n) is 6.08. The summed E-state index contributed by atoms with van der Waals surface area (Å²) in [5.41, 5.74) is 0. The molecule has 96 valence electrons. The van der Waals surface area contributed by atoms with Gasteiger partial charge in [0.25, 0.3) is 0 Å². The van der Waals surface area contributed by atoms with Gasteiger partial charge in [0.15, 0.2) is 5.17 Å². The van der Waals surface area contributed by atoms with Gasteiger partial charge in [-0.1, -0.05) is 37.4 Å². The number of nitrogens with one attached hydrogen (secondary N) is 1. The zero-order valence-corrected chi connectivity index (χ0v) is 11.6. The fourth-order valence-corrected chi connectivity index (χ4v) is 4.38. The Hall–Kier alpha value is -0.180. The first-order valence-corrected chi connectivity index (χ1v) is 8.27. The molecule has 3 unspecified atom stereocenters. The van der Waals surface area contributed by atoms with Crippen LogP contribution in [0.4, 0.5) is 0 Å². The van der Waals surface area contributed by atoms with Crippen molar-refractivity contribution >= 4 is 16.9 Å². The largest absolute Gasteiger partial charge is 0.362 e. The molecule has 3 aliphatic rings. The van der Waals surface area contributed by atoms with Gasteiger partial charge in [-0.25, -0.2) is 0 Å². The Labute approximate surface area is 109 Å². The molecule has 3 atom stereocenters. The van der Waals surface area contributed by atoms with Crippen LogP contribution in [0.1, 0.15) is 51.9 Å². The highest BCUT2D eigenvalue weighted by atomic mass is 32.2. The van der Waals surface area contributed by atoms with Crippen molar-refractivity contribution < 1.29 is 0 Å². The third kappa shape index (κ3) is 3.18. The average molecular weight is 252 g/mol. The van der Waals surface area contributed by atoms with E-state index in [0.29, 0.717) is 12.1 Å². The lowest BCUT2D eigenvalue weighted by Gasteiger charge is -2.33. The standard InChI is InChI=1S/C14H24N2S/c1-10(8-11-6-7-11)15-14-16-13-5-3-2-4-12(13)9-17-14/h10-13H,2-9H2,1H3,(H,15,16). The number of amidine groups is 1. The fourth-order valence-electron chi connectivity index (χ4n) is 3.13. The van der Waals surface area contributed by atoms with Crippen molar-refractivity contribution in [1.29, 1.82) is 0 Å². The number of nitrogens with zero attached hydrogens (tertiary/aromatic N) is 1. The van der Waals surface area contributed by atoms with Crippen molar-refractivity contribution in [1.82, 2.24) is 5.32 Å². The molecule has 3 heteroatoms. The molecule has 1 N–H and O–H groups in total. The van der Waals surface area contributed by atoms with E-state index in [1.165, 1.54) is 55.9 Å². The summed E-state index contributed by atoms with van der Waals surface area (Å²) in [5, 5.41) is 4.87. The minimum Gasteiger partial charge on any atom is -0.362 e. The van der Waals surface area contributed by atoms with E-state index in [4.69, 9.17) is 4.99 Å². The topological polar surface area (TPSA) is 24.4 Å². The quantitative estimate of drug-likeness (QED) is 0.832. The Morgan fingerprint density at radius 2 is 2.12 bits per heavy atom. The summed E-state index contributed by atoms with van der Waals surface area (Å²) in [6.07, 6.45) is 9.80. The predicted molar refractivity (Wildman–Crippen MR) is 75.6 cm³/mol. The Morgan fingerprint density at radius 1 is 1.29 bits per heavy atom. The first-order chi connectivity index (χ1) is 8.31. The summed E-state index contributed by atoms with van der Waals surface area (Å²) in [4.78, 5) is 4.94. The molecule has 2 aliphatic carbocycles. The molecule has 1 heterocycles. The van der Waals surface area contributed by atoms with Crippen LogP contribution in [0.3, 0.4) is 0 Å². The summed E-state index contributed by atoms with van der Waals surface area (Å²) in [6.45, 7) is 2.31. The fraction of sp³-hybridized carbons (Fsp3) is 0.929. The Morgan fingerprint density at radius 3 is 2.94 bits per heavy atom. The minimum atomic E-state index is 0.619. The lowest BCUT2D eigenvalue weighted by atomic mass is 9.86. The van der Waals surface area contributed by atoms with Gasteiger partial charge < -0.3 is 5.32 Å². The van der Waals surface area contributed by atoms with E-state index in [9.17, 15) is 0 Å². The number of hydrogen-bond donors (Lipinski definition) is 1. The molecule has 0 spiro atoms. The van der Waals surface area contributed by atoms with E-state index in [2.05, 4.69) is 12.2 Å². The highest BCUT2D eigenvalue weighted by Crippen LogP contribution is 2.35. The zero-order valence-electron chi connectivity index (χ0n) is 10.8. The van der Waals surface area contributed by atoms with Crippen LogP contribution in [-0.4, -0.2) is 23.0 Å². The molecular weight excluding hydrogens is 228 g/mol. The van der Waals surface area contributed by atoms with Gasteiger partial charge in [0.05, 0.1) is 6.04 Å². The van der Waals surface area contributed by atoms with Gasteiger partial charge in [-0.05, 0) is 38.0 Å². The highest BCUT2D eigenvalue weighted by Gasteiger charge is 2.30. The van der Waals surface area contributed by atoms with Crippen molar-refractivity contribution in [3.05, 3.63) is 0 Å². The molecule has 0 radical (unpaired) electrons. The second-order valence-corrected chi connectivity index (χ2v) is 7.09. The third-order valence-corrected chi connectivity index (χ3v) is 5.43. The molecule has 0 aromatic rings. The molecule has 17 heavy (non-hydrogen) atoms. The maximum atomic E-state index is 4.94. The maximum absolute atomic E-state index is 4.94. The molecule has 0 saturated heterocycles. The van der Waals surface area contributed by atoms with Crippen molar-refractivity contribution in [2.45, 2.75) is 64.0 Å². The average Bonchev–Trinajstić information content (AvgIpc) is 3.12. The molecule has 2 nitrogen and oxygen atoms in total. The highest BCUT2D eigenvalue weighted by molar-refractivity contribution is 8.13. The van der Waals surface area contributed by atoms with E-state index in [-0.39, 0.29) is 0 Å². The lowest BCUT2D eigenvalue weighted by Crippen LogP contribution is -2.38. The number of fused-ring (bicyclic) bond motifs is 1. The van der Waals surface area contributed by atoms with Crippen LogP contribution in [0.5, 0.6) is 0 Å².